The SMILES string of the molecule is CC1CN(Cc2ccccc2)CCCN1/C(N)=N/N. The quantitative estimate of drug-likeness (QED) is 0.357. The standard InChI is InChI=1S/C14H23N5/c1-12-10-18(11-13-6-3-2-4-7-13)8-5-9-19(12)14(15)17-16/h2-4,6-7,12H,5,8-11,16H2,1H3,(H2,15,17). The van der Waals surface area contributed by atoms with E-state index < -0.39 is 0 Å². The van der Waals surface area contributed by atoms with Gasteiger partial charge in [-0.15, -0.1) is 5.10 Å². The van der Waals surface area contributed by atoms with E-state index in [9.17, 15) is 0 Å². The van der Waals surface area contributed by atoms with Gasteiger partial charge in [0.05, 0.1) is 0 Å². The van der Waals surface area contributed by atoms with E-state index in [-0.39, 0.29) is 0 Å². The van der Waals surface area contributed by atoms with Crippen LogP contribution in [0.5, 0.6) is 0 Å². The molecule has 5 heteroatoms. The van der Waals surface area contributed by atoms with Crippen LogP contribution < -0.4 is 11.6 Å². The van der Waals surface area contributed by atoms with Gasteiger partial charge in [0, 0.05) is 32.2 Å². The monoisotopic (exact) mass is 261 g/mol. The van der Waals surface area contributed by atoms with Crippen LogP contribution >= 0.6 is 0 Å². The van der Waals surface area contributed by atoms with Gasteiger partial charge in [0.1, 0.15) is 0 Å². The highest BCUT2D eigenvalue weighted by Crippen LogP contribution is 2.12. The second-order valence-electron chi connectivity index (χ2n) is 5.10. The lowest BCUT2D eigenvalue weighted by Crippen LogP contribution is -2.46. The summed E-state index contributed by atoms with van der Waals surface area (Å²) in [6.45, 7) is 6.12. The second kappa shape index (κ2) is 6.43. The number of hydrogen-bond donors (Lipinski definition) is 2. The first-order valence-electron chi connectivity index (χ1n) is 6.77. The smallest absolute Gasteiger partial charge is 0.213 e. The lowest BCUT2D eigenvalue weighted by molar-refractivity contribution is 0.239. The Balaban J connectivity index is 1.98. The lowest BCUT2D eigenvalue weighted by atomic mass is 10.2. The molecule has 1 saturated heterocycles. The van der Waals surface area contributed by atoms with Crippen LogP contribution in [0.15, 0.2) is 35.4 Å². The molecule has 1 aromatic rings. The molecule has 4 N–H and O–H groups in total. The number of guanidine groups is 1. The van der Waals surface area contributed by atoms with Crippen LogP contribution in [-0.4, -0.2) is 41.4 Å². The largest absolute Gasteiger partial charge is 0.368 e. The maximum Gasteiger partial charge on any atom is 0.213 e. The lowest BCUT2D eigenvalue weighted by Gasteiger charge is -2.29. The molecule has 1 atom stereocenters. The van der Waals surface area contributed by atoms with Crippen molar-refractivity contribution in [3.05, 3.63) is 35.9 Å². The highest BCUT2D eigenvalue weighted by Gasteiger charge is 2.22. The van der Waals surface area contributed by atoms with Crippen molar-refractivity contribution in [2.75, 3.05) is 19.6 Å². The molecule has 1 aliphatic rings. The number of rotatable bonds is 2. The van der Waals surface area contributed by atoms with Crippen LogP contribution in [0.4, 0.5) is 0 Å². The van der Waals surface area contributed by atoms with Crippen molar-refractivity contribution in [1.82, 2.24) is 9.80 Å². The Bertz CT molecular complexity index is 417. The highest BCUT2D eigenvalue weighted by molar-refractivity contribution is 5.78. The molecule has 1 aromatic carbocycles. The third kappa shape index (κ3) is 3.61. The van der Waals surface area contributed by atoms with E-state index >= 15 is 0 Å². The third-order valence-electron chi connectivity index (χ3n) is 3.60. The number of hydrazone groups is 1. The van der Waals surface area contributed by atoms with Crippen LogP contribution in [0, 0.1) is 0 Å². The average Bonchev–Trinajstić information content (AvgIpc) is 2.60. The Morgan fingerprint density at radius 2 is 2.05 bits per heavy atom. The molecule has 0 aromatic heterocycles. The molecule has 0 radical (unpaired) electrons. The summed E-state index contributed by atoms with van der Waals surface area (Å²) >= 11 is 0. The fourth-order valence-electron chi connectivity index (χ4n) is 2.65. The summed E-state index contributed by atoms with van der Waals surface area (Å²) in [5, 5.41) is 3.62. The summed E-state index contributed by atoms with van der Waals surface area (Å²) in [5.41, 5.74) is 7.19. The number of nitrogens with zero attached hydrogens (tertiary/aromatic N) is 3. The van der Waals surface area contributed by atoms with Gasteiger partial charge in [-0.05, 0) is 18.9 Å². The zero-order valence-corrected chi connectivity index (χ0v) is 11.5. The van der Waals surface area contributed by atoms with Crippen molar-refractivity contribution >= 4 is 5.96 Å². The van der Waals surface area contributed by atoms with E-state index in [1.54, 1.807) is 0 Å². The van der Waals surface area contributed by atoms with E-state index in [4.69, 9.17) is 11.6 Å². The zero-order chi connectivity index (χ0) is 13.7. The Morgan fingerprint density at radius 1 is 1.32 bits per heavy atom. The van der Waals surface area contributed by atoms with E-state index in [2.05, 4.69) is 52.2 Å². The van der Waals surface area contributed by atoms with Crippen LogP contribution in [-0.2, 0) is 6.54 Å². The maximum atomic E-state index is 5.84. The first kappa shape index (κ1) is 13.7. The second-order valence-corrected chi connectivity index (χ2v) is 5.10. The summed E-state index contributed by atoms with van der Waals surface area (Å²) in [5.74, 6) is 5.72. The number of benzene rings is 1. The minimum atomic E-state index is 0.332. The minimum Gasteiger partial charge on any atom is -0.368 e. The summed E-state index contributed by atoms with van der Waals surface area (Å²) in [7, 11) is 0. The van der Waals surface area contributed by atoms with Crippen LogP contribution in [0.25, 0.3) is 0 Å². The van der Waals surface area contributed by atoms with Crippen molar-refractivity contribution in [3.8, 4) is 0 Å². The van der Waals surface area contributed by atoms with Crippen molar-refractivity contribution in [2.45, 2.75) is 25.9 Å². The maximum absolute atomic E-state index is 5.84. The van der Waals surface area contributed by atoms with Gasteiger partial charge in [0.2, 0.25) is 5.96 Å². The third-order valence-corrected chi connectivity index (χ3v) is 3.60. The van der Waals surface area contributed by atoms with Crippen molar-refractivity contribution in [2.24, 2.45) is 16.7 Å². The summed E-state index contributed by atoms with van der Waals surface area (Å²) in [4.78, 5) is 4.55. The highest BCUT2D eigenvalue weighted by atomic mass is 15.4. The predicted octanol–water partition coefficient (Wildman–Crippen LogP) is 0.771. The van der Waals surface area contributed by atoms with Gasteiger partial charge in [-0.2, -0.15) is 0 Å². The molecule has 1 heterocycles. The fraction of sp³-hybridized carbons (Fsp3) is 0.500. The molecule has 2 rings (SSSR count). The Kier molecular flexibility index (Phi) is 4.63. The first-order chi connectivity index (χ1) is 9.20. The van der Waals surface area contributed by atoms with Crippen molar-refractivity contribution < 1.29 is 0 Å². The average molecular weight is 261 g/mol. The summed E-state index contributed by atoms with van der Waals surface area (Å²) in [6.07, 6.45) is 1.08. The fourth-order valence-corrected chi connectivity index (χ4v) is 2.65. The summed E-state index contributed by atoms with van der Waals surface area (Å²) < 4.78 is 0. The van der Waals surface area contributed by atoms with Crippen LogP contribution in [0.3, 0.4) is 0 Å². The van der Waals surface area contributed by atoms with Gasteiger partial charge < -0.3 is 16.5 Å². The van der Waals surface area contributed by atoms with Gasteiger partial charge in [-0.25, -0.2) is 0 Å². The zero-order valence-electron chi connectivity index (χ0n) is 11.5. The molecule has 1 unspecified atom stereocenters. The minimum absolute atomic E-state index is 0.332. The van der Waals surface area contributed by atoms with Gasteiger partial charge >= 0.3 is 0 Å². The number of hydrogen-bond acceptors (Lipinski definition) is 3. The van der Waals surface area contributed by atoms with Crippen LogP contribution in [0.1, 0.15) is 18.9 Å². The molecule has 0 aliphatic carbocycles. The van der Waals surface area contributed by atoms with E-state index in [0.29, 0.717) is 12.0 Å². The molecule has 1 fully saturated rings. The van der Waals surface area contributed by atoms with Gasteiger partial charge in [-0.3, -0.25) is 4.90 Å². The van der Waals surface area contributed by atoms with Gasteiger partial charge in [-0.1, -0.05) is 30.3 Å². The molecular formula is C14H23N5. The Labute approximate surface area is 114 Å². The molecule has 104 valence electrons. The van der Waals surface area contributed by atoms with Gasteiger partial charge in [0.15, 0.2) is 0 Å². The topological polar surface area (TPSA) is 70.9 Å². The van der Waals surface area contributed by atoms with E-state index in [0.717, 1.165) is 32.6 Å². The van der Waals surface area contributed by atoms with Crippen molar-refractivity contribution in [1.29, 1.82) is 0 Å². The molecule has 0 spiro atoms. The predicted molar refractivity (Wildman–Crippen MR) is 78.3 cm³/mol. The normalized spacial score (nSPS) is 22.3. The molecule has 5 nitrogen and oxygen atoms in total. The Morgan fingerprint density at radius 3 is 2.74 bits per heavy atom. The Hall–Kier alpha value is -1.75. The summed E-state index contributed by atoms with van der Waals surface area (Å²) in [6, 6.07) is 10.9. The molecular weight excluding hydrogens is 238 g/mol. The number of nitrogens with two attached hydrogens (primary N) is 2. The molecule has 0 bridgehead atoms. The first-order valence-corrected chi connectivity index (χ1v) is 6.77. The van der Waals surface area contributed by atoms with E-state index in [1.807, 2.05) is 0 Å². The molecule has 0 saturated carbocycles. The van der Waals surface area contributed by atoms with E-state index in [1.165, 1.54) is 5.56 Å². The van der Waals surface area contributed by atoms with Crippen molar-refractivity contribution in [3.63, 3.8) is 0 Å². The molecule has 19 heavy (non-hydrogen) atoms. The van der Waals surface area contributed by atoms with Crippen LogP contribution in [0.2, 0.25) is 0 Å². The molecule has 1 aliphatic heterocycles. The van der Waals surface area contributed by atoms with Gasteiger partial charge in [0.25, 0.3) is 0 Å². The molecule has 0 amide bonds.